The number of halogens is 1. The number of hydrogen-bond donors (Lipinski definition) is 1. The van der Waals surface area contributed by atoms with Crippen molar-refractivity contribution in [1.29, 1.82) is 0 Å². The summed E-state index contributed by atoms with van der Waals surface area (Å²) in [4.78, 5) is 8.80. The van der Waals surface area contributed by atoms with Gasteiger partial charge in [0.1, 0.15) is 11.6 Å². The Balaban J connectivity index is 1.52. The van der Waals surface area contributed by atoms with Gasteiger partial charge in [-0.15, -0.1) is 0 Å². The number of aromatic nitrogens is 2. The summed E-state index contributed by atoms with van der Waals surface area (Å²) < 4.78 is 14.7. The monoisotopic (exact) mass is 369 g/mol. The Morgan fingerprint density at radius 1 is 0.786 bits per heavy atom. The highest BCUT2D eigenvalue weighted by molar-refractivity contribution is 5.69. The Morgan fingerprint density at radius 3 is 2.14 bits per heavy atom. The normalized spacial score (nSPS) is 11.8. The summed E-state index contributed by atoms with van der Waals surface area (Å²) in [5.41, 5.74) is 3.93. The summed E-state index contributed by atoms with van der Waals surface area (Å²) in [5.74, 6) is 0.343. The van der Waals surface area contributed by atoms with Gasteiger partial charge in [-0.1, -0.05) is 66.7 Å². The van der Waals surface area contributed by atoms with E-state index >= 15 is 0 Å². The van der Waals surface area contributed by atoms with E-state index in [0.29, 0.717) is 17.1 Å². The highest BCUT2D eigenvalue weighted by atomic mass is 19.1. The average molecular weight is 369 g/mol. The minimum Gasteiger partial charge on any atom is -0.362 e. The molecule has 4 rings (SSSR count). The molecule has 1 N–H and O–H groups in total. The van der Waals surface area contributed by atoms with E-state index in [0.717, 1.165) is 16.7 Å². The Bertz CT molecular complexity index is 1050. The smallest absolute Gasteiger partial charge is 0.144 e. The molecule has 3 nitrogen and oxygen atoms in total. The molecule has 0 radical (unpaired) electrons. The Labute approximate surface area is 163 Å². The van der Waals surface area contributed by atoms with E-state index in [1.807, 2.05) is 54.6 Å². The molecule has 0 aliphatic carbocycles. The molecule has 0 aliphatic rings. The second-order valence-corrected chi connectivity index (χ2v) is 6.62. The van der Waals surface area contributed by atoms with E-state index in [9.17, 15) is 4.39 Å². The first-order chi connectivity index (χ1) is 13.7. The number of nitrogens with zero attached hydrogens (tertiary/aromatic N) is 2. The van der Waals surface area contributed by atoms with Crippen molar-refractivity contribution in [2.75, 3.05) is 5.32 Å². The van der Waals surface area contributed by atoms with E-state index in [-0.39, 0.29) is 11.9 Å². The minimum absolute atomic E-state index is 0.100. The topological polar surface area (TPSA) is 37.8 Å². The minimum atomic E-state index is -0.311. The highest BCUT2D eigenvalue weighted by Crippen LogP contribution is 2.27. The van der Waals surface area contributed by atoms with Gasteiger partial charge in [0.05, 0.1) is 18.1 Å². The van der Waals surface area contributed by atoms with Crippen molar-refractivity contribution in [2.45, 2.75) is 13.0 Å². The van der Waals surface area contributed by atoms with E-state index in [1.165, 1.54) is 6.07 Å². The molecule has 28 heavy (non-hydrogen) atoms. The SMILES string of the molecule is C[C@@H](Nc1cnc(-c2ccc(-c3ccccc3)cc2F)cn1)c1ccccc1. The van der Waals surface area contributed by atoms with Gasteiger partial charge in [-0.25, -0.2) is 9.37 Å². The predicted octanol–water partition coefficient (Wildman–Crippen LogP) is 6.12. The molecule has 0 saturated carbocycles. The quantitative estimate of drug-likeness (QED) is 0.460. The van der Waals surface area contributed by atoms with Crippen LogP contribution in [-0.2, 0) is 0 Å². The third-order valence-corrected chi connectivity index (χ3v) is 4.67. The Hall–Kier alpha value is -3.53. The number of anilines is 1. The Kier molecular flexibility index (Phi) is 5.11. The van der Waals surface area contributed by atoms with Crippen molar-refractivity contribution >= 4 is 5.82 Å². The van der Waals surface area contributed by atoms with Gasteiger partial charge in [-0.3, -0.25) is 4.98 Å². The summed E-state index contributed by atoms with van der Waals surface area (Å²) in [7, 11) is 0. The van der Waals surface area contributed by atoms with Gasteiger partial charge in [0, 0.05) is 11.6 Å². The van der Waals surface area contributed by atoms with Crippen LogP contribution in [0.4, 0.5) is 10.2 Å². The second kappa shape index (κ2) is 8.01. The van der Waals surface area contributed by atoms with Crippen molar-refractivity contribution < 1.29 is 4.39 Å². The van der Waals surface area contributed by atoms with Gasteiger partial charge in [0.2, 0.25) is 0 Å². The summed E-state index contributed by atoms with van der Waals surface area (Å²) >= 11 is 0. The van der Waals surface area contributed by atoms with Gasteiger partial charge in [-0.05, 0) is 35.7 Å². The molecule has 0 amide bonds. The number of rotatable bonds is 5. The average Bonchev–Trinajstić information content (AvgIpc) is 2.75. The molecule has 4 aromatic rings. The maximum Gasteiger partial charge on any atom is 0.144 e. The van der Waals surface area contributed by atoms with Crippen LogP contribution in [0.25, 0.3) is 22.4 Å². The molecule has 138 valence electrons. The maximum atomic E-state index is 14.7. The maximum absolute atomic E-state index is 14.7. The van der Waals surface area contributed by atoms with Crippen molar-refractivity contribution in [1.82, 2.24) is 9.97 Å². The third-order valence-electron chi connectivity index (χ3n) is 4.67. The lowest BCUT2D eigenvalue weighted by Gasteiger charge is -2.14. The molecule has 4 heteroatoms. The van der Waals surface area contributed by atoms with Crippen LogP contribution < -0.4 is 5.32 Å². The fraction of sp³-hybridized carbons (Fsp3) is 0.0833. The molecular weight excluding hydrogens is 349 g/mol. The summed E-state index contributed by atoms with van der Waals surface area (Å²) in [5, 5.41) is 3.31. The molecular formula is C24H20FN3. The van der Waals surface area contributed by atoms with Crippen LogP contribution in [0.15, 0.2) is 91.3 Å². The van der Waals surface area contributed by atoms with Crippen molar-refractivity contribution in [2.24, 2.45) is 0 Å². The summed E-state index contributed by atoms with van der Waals surface area (Å²) in [6.45, 7) is 2.06. The molecule has 1 heterocycles. The van der Waals surface area contributed by atoms with Gasteiger partial charge >= 0.3 is 0 Å². The largest absolute Gasteiger partial charge is 0.362 e. The van der Waals surface area contributed by atoms with Gasteiger partial charge in [0.15, 0.2) is 0 Å². The van der Waals surface area contributed by atoms with E-state index in [4.69, 9.17) is 0 Å². The number of nitrogens with one attached hydrogen (secondary N) is 1. The number of benzene rings is 3. The first-order valence-electron chi connectivity index (χ1n) is 9.19. The van der Waals surface area contributed by atoms with Crippen LogP contribution in [0.2, 0.25) is 0 Å². The van der Waals surface area contributed by atoms with Crippen LogP contribution in [0.5, 0.6) is 0 Å². The highest BCUT2D eigenvalue weighted by Gasteiger charge is 2.10. The molecule has 0 spiro atoms. The zero-order chi connectivity index (χ0) is 19.3. The Morgan fingerprint density at radius 2 is 1.50 bits per heavy atom. The van der Waals surface area contributed by atoms with Crippen LogP contribution >= 0.6 is 0 Å². The van der Waals surface area contributed by atoms with E-state index in [2.05, 4.69) is 34.3 Å². The molecule has 1 atom stereocenters. The summed E-state index contributed by atoms with van der Waals surface area (Å²) in [6, 6.07) is 25.1. The standard InChI is InChI=1S/C24H20FN3/c1-17(18-8-4-2-5-9-18)28-24-16-26-23(15-27-24)21-13-12-20(14-22(21)25)19-10-6-3-7-11-19/h2-17H,1H3,(H,27,28)/t17-/m1/s1. The zero-order valence-electron chi connectivity index (χ0n) is 15.5. The van der Waals surface area contributed by atoms with E-state index in [1.54, 1.807) is 18.5 Å². The molecule has 0 saturated heterocycles. The van der Waals surface area contributed by atoms with Crippen molar-refractivity contribution in [3.8, 4) is 22.4 Å². The lowest BCUT2D eigenvalue weighted by atomic mass is 10.0. The predicted molar refractivity (Wildman–Crippen MR) is 111 cm³/mol. The fourth-order valence-corrected chi connectivity index (χ4v) is 3.12. The molecule has 0 bridgehead atoms. The van der Waals surface area contributed by atoms with Gasteiger partial charge < -0.3 is 5.32 Å². The van der Waals surface area contributed by atoms with Crippen molar-refractivity contribution in [3.63, 3.8) is 0 Å². The van der Waals surface area contributed by atoms with Crippen LogP contribution in [0.3, 0.4) is 0 Å². The molecule has 3 aromatic carbocycles. The first kappa shape index (κ1) is 17.9. The van der Waals surface area contributed by atoms with E-state index < -0.39 is 0 Å². The van der Waals surface area contributed by atoms with Crippen LogP contribution in [0.1, 0.15) is 18.5 Å². The number of hydrogen-bond acceptors (Lipinski definition) is 3. The van der Waals surface area contributed by atoms with Gasteiger partial charge in [0.25, 0.3) is 0 Å². The molecule has 0 unspecified atom stereocenters. The lowest BCUT2D eigenvalue weighted by molar-refractivity contribution is 0.631. The molecule has 1 aromatic heterocycles. The van der Waals surface area contributed by atoms with Gasteiger partial charge in [-0.2, -0.15) is 0 Å². The third kappa shape index (κ3) is 3.91. The second-order valence-electron chi connectivity index (χ2n) is 6.62. The van der Waals surface area contributed by atoms with Crippen LogP contribution in [-0.4, -0.2) is 9.97 Å². The summed E-state index contributed by atoms with van der Waals surface area (Å²) in [6.07, 6.45) is 3.24. The first-order valence-corrected chi connectivity index (χ1v) is 9.19. The fourth-order valence-electron chi connectivity index (χ4n) is 3.12. The molecule has 0 fully saturated rings. The lowest BCUT2D eigenvalue weighted by Crippen LogP contribution is -2.08. The van der Waals surface area contributed by atoms with Crippen molar-refractivity contribution in [3.05, 3.63) is 103 Å². The molecule has 0 aliphatic heterocycles. The van der Waals surface area contributed by atoms with Crippen LogP contribution in [0, 0.1) is 5.82 Å². The zero-order valence-corrected chi connectivity index (χ0v) is 15.5.